The number of aliphatic carboxylic acids is 1. The van der Waals surface area contributed by atoms with E-state index in [1.54, 1.807) is 6.92 Å². The van der Waals surface area contributed by atoms with Gasteiger partial charge in [-0.3, -0.25) is 14.6 Å². The van der Waals surface area contributed by atoms with Crippen LogP contribution in [0.3, 0.4) is 0 Å². The second kappa shape index (κ2) is 6.48. The van der Waals surface area contributed by atoms with Gasteiger partial charge in [0.2, 0.25) is 10.0 Å². The average molecular weight is 305 g/mol. The van der Waals surface area contributed by atoms with E-state index in [2.05, 4.69) is 9.71 Å². The van der Waals surface area contributed by atoms with Gasteiger partial charge in [0.1, 0.15) is 0 Å². The standard InChI is InChI=1S/C10H15N3O6S/c1-6(2-3-8(14)15)4-12-20(18,19)7-5-11-10(17)13-9(7)16/h5-6,12H,2-4H2,1H3,(H,14,15)(H2,11,13,16,17). The van der Waals surface area contributed by atoms with Gasteiger partial charge < -0.3 is 10.1 Å². The van der Waals surface area contributed by atoms with Crippen molar-refractivity contribution < 1.29 is 18.3 Å². The highest BCUT2D eigenvalue weighted by molar-refractivity contribution is 7.89. The van der Waals surface area contributed by atoms with Crippen molar-refractivity contribution >= 4 is 16.0 Å². The van der Waals surface area contributed by atoms with Gasteiger partial charge in [0.25, 0.3) is 5.56 Å². The highest BCUT2D eigenvalue weighted by Gasteiger charge is 2.19. The first-order valence-corrected chi connectivity index (χ1v) is 7.24. The molecule has 0 saturated carbocycles. The molecule has 0 spiro atoms. The predicted octanol–water partition coefficient (Wildman–Crippen LogP) is -1.16. The molecule has 1 aromatic rings. The van der Waals surface area contributed by atoms with Crippen LogP contribution in [-0.2, 0) is 14.8 Å². The molecule has 1 unspecified atom stereocenters. The van der Waals surface area contributed by atoms with Crippen molar-refractivity contribution in [2.45, 2.75) is 24.7 Å². The Bertz CT molecular complexity index is 689. The van der Waals surface area contributed by atoms with E-state index >= 15 is 0 Å². The first-order chi connectivity index (χ1) is 9.22. The SMILES string of the molecule is CC(CCC(=O)O)CNS(=O)(=O)c1c[nH]c(=O)[nH]c1=O. The largest absolute Gasteiger partial charge is 0.481 e. The van der Waals surface area contributed by atoms with Crippen LogP contribution in [0.5, 0.6) is 0 Å². The number of hydrogen-bond acceptors (Lipinski definition) is 5. The van der Waals surface area contributed by atoms with Crippen molar-refractivity contribution in [3.63, 3.8) is 0 Å². The number of carboxylic acid groups (broad SMARTS) is 1. The number of carbonyl (C=O) groups is 1. The molecule has 0 aliphatic rings. The van der Waals surface area contributed by atoms with E-state index in [0.717, 1.165) is 6.20 Å². The fourth-order valence-electron chi connectivity index (χ4n) is 1.40. The zero-order chi connectivity index (χ0) is 15.3. The fraction of sp³-hybridized carbons (Fsp3) is 0.500. The van der Waals surface area contributed by atoms with Crippen LogP contribution in [0.15, 0.2) is 20.7 Å². The summed E-state index contributed by atoms with van der Waals surface area (Å²) in [6.07, 6.45) is 1.05. The van der Waals surface area contributed by atoms with E-state index in [1.807, 2.05) is 4.98 Å². The fourth-order valence-corrected chi connectivity index (χ4v) is 2.57. The lowest BCUT2D eigenvalue weighted by Crippen LogP contribution is -2.35. The molecule has 0 amide bonds. The molecular formula is C10H15N3O6S. The van der Waals surface area contributed by atoms with E-state index in [4.69, 9.17) is 5.11 Å². The van der Waals surface area contributed by atoms with Crippen molar-refractivity contribution in [2.75, 3.05) is 6.54 Å². The molecule has 20 heavy (non-hydrogen) atoms. The van der Waals surface area contributed by atoms with Crippen molar-refractivity contribution in [1.29, 1.82) is 0 Å². The molecule has 1 rings (SSSR count). The Balaban J connectivity index is 2.73. The van der Waals surface area contributed by atoms with Crippen molar-refractivity contribution in [2.24, 2.45) is 5.92 Å². The van der Waals surface area contributed by atoms with Crippen LogP contribution in [0.2, 0.25) is 0 Å². The van der Waals surface area contributed by atoms with Crippen LogP contribution in [0.1, 0.15) is 19.8 Å². The van der Waals surface area contributed by atoms with Gasteiger partial charge in [-0.15, -0.1) is 0 Å². The Kier molecular flexibility index (Phi) is 5.22. The van der Waals surface area contributed by atoms with Gasteiger partial charge in [0.05, 0.1) is 0 Å². The van der Waals surface area contributed by atoms with E-state index in [0.29, 0.717) is 6.42 Å². The summed E-state index contributed by atoms with van der Waals surface area (Å²) in [6, 6.07) is 0. The number of carboxylic acids is 1. The number of aromatic nitrogens is 2. The molecule has 4 N–H and O–H groups in total. The van der Waals surface area contributed by atoms with Crippen LogP contribution >= 0.6 is 0 Å². The molecule has 0 aliphatic heterocycles. The molecule has 0 bridgehead atoms. The highest BCUT2D eigenvalue weighted by Crippen LogP contribution is 2.06. The van der Waals surface area contributed by atoms with Crippen molar-refractivity contribution in [1.82, 2.24) is 14.7 Å². The molecule has 1 aromatic heterocycles. The Labute approximate surface area is 114 Å². The molecule has 1 heterocycles. The summed E-state index contributed by atoms with van der Waals surface area (Å²) >= 11 is 0. The maximum Gasteiger partial charge on any atom is 0.325 e. The monoisotopic (exact) mass is 305 g/mol. The number of rotatable bonds is 7. The Morgan fingerprint density at radius 3 is 2.65 bits per heavy atom. The second-order valence-corrected chi connectivity index (χ2v) is 6.06. The number of aromatic amines is 2. The lowest BCUT2D eigenvalue weighted by atomic mass is 10.1. The third-order valence-electron chi connectivity index (χ3n) is 2.55. The molecule has 0 aliphatic carbocycles. The summed E-state index contributed by atoms with van der Waals surface area (Å²) in [5.41, 5.74) is -1.82. The number of nitrogens with one attached hydrogen (secondary N) is 3. The van der Waals surface area contributed by atoms with Gasteiger partial charge in [-0.05, 0) is 12.3 Å². The quantitative estimate of drug-likeness (QED) is 0.499. The lowest BCUT2D eigenvalue weighted by molar-refractivity contribution is -0.137. The summed E-state index contributed by atoms with van der Waals surface area (Å²) in [6.45, 7) is 1.68. The molecule has 10 heteroatoms. The van der Waals surface area contributed by atoms with E-state index in [1.165, 1.54) is 0 Å². The summed E-state index contributed by atoms with van der Waals surface area (Å²) in [4.78, 5) is 35.8. The lowest BCUT2D eigenvalue weighted by Gasteiger charge is -2.11. The van der Waals surface area contributed by atoms with Crippen LogP contribution < -0.4 is 16.0 Å². The van der Waals surface area contributed by atoms with Gasteiger partial charge >= 0.3 is 11.7 Å². The molecule has 1 atom stereocenters. The Morgan fingerprint density at radius 1 is 1.45 bits per heavy atom. The summed E-state index contributed by atoms with van der Waals surface area (Å²) in [7, 11) is -4.05. The third kappa shape index (κ3) is 4.63. The minimum Gasteiger partial charge on any atom is -0.481 e. The highest BCUT2D eigenvalue weighted by atomic mass is 32.2. The van der Waals surface area contributed by atoms with Crippen LogP contribution in [0.25, 0.3) is 0 Å². The normalized spacial score (nSPS) is 13.1. The number of sulfonamides is 1. The Hall–Kier alpha value is -1.94. The average Bonchev–Trinajstić information content (AvgIpc) is 2.33. The zero-order valence-corrected chi connectivity index (χ0v) is 11.5. The van der Waals surface area contributed by atoms with Gasteiger partial charge in [-0.1, -0.05) is 6.92 Å². The van der Waals surface area contributed by atoms with E-state index in [9.17, 15) is 22.8 Å². The predicted molar refractivity (Wildman–Crippen MR) is 68.9 cm³/mol. The summed E-state index contributed by atoms with van der Waals surface area (Å²) in [5.74, 6) is -1.17. The molecule has 9 nitrogen and oxygen atoms in total. The van der Waals surface area contributed by atoms with E-state index < -0.39 is 32.1 Å². The maximum atomic E-state index is 11.8. The zero-order valence-electron chi connectivity index (χ0n) is 10.7. The first kappa shape index (κ1) is 16.1. The third-order valence-corrected chi connectivity index (χ3v) is 3.98. The molecule has 0 aromatic carbocycles. The van der Waals surface area contributed by atoms with Gasteiger partial charge in [-0.25, -0.2) is 17.9 Å². The minimum absolute atomic E-state index is 0.00577. The molecule has 112 valence electrons. The topological polar surface area (TPSA) is 149 Å². The first-order valence-electron chi connectivity index (χ1n) is 5.76. The number of hydrogen-bond donors (Lipinski definition) is 4. The Morgan fingerprint density at radius 2 is 2.10 bits per heavy atom. The van der Waals surface area contributed by atoms with Crippen LogP contribution in [-0.4, -0.2) is 36.0 Å². The van der Waals surface area contributed by atoms with Crippen molar-refractivity contribution in [3.8, 4) is 0 Å². The van der Waals surface area contributed by atoms with Crippen LogP contribution in [0, 0.1) is 5.92 Å². The maximum absolute atomic E-state index is 11.8. The minimum atomic E-state index is -4.05. The van der Waals surface area contributed by atoms with Gasteiger partial charge in [-0.2, -0.15) is 0 Å². The smallest absolute Gasteiger partial charge is 0.325 e. The summed E-state index contributed by atoms with van der Waals surface area (Å²) < 4.78 is 25.9. The van der Waals surface area contributed by atoms with Gasteiger partial charge in [0, 0.05) is 19.2 Å². The summed E-state index contributed by atoms with van der Waals surface area (Å²) in [5, 5.41) is 8.51. The van der Waals surface area contributed by atoms with Crippen molar-refractivity contribution in [3.05, 3.63) is 27.0 Å². The second-order valence-electron chi connectivity index (χ2n) is 4.33. The van der Waals surface area contributed by atoms with Crippen LogP contribution in [0.4, 0.5) is 0 Å². The molecule has 0 fully saturated rings. The van der Waals surface area contributed by atoms with E-state index in [-0.39, 0.29) is 18.9 Å². The molecule has 0 saturated heterocycles. The molecular weight excluding hydrogens is 290 g/mol. The van der Waals surface area contributed by atoms with Gasteiger partial charge in [0.15, 0.2) is 4.90 Å². The number of H-pyrrole nitrogens is 2. The molecule has 0 radical (unpaired) electrons.